The normalized spacial score (nSPS) is 10.0. The lowest BCUT2D eigenvalue weighted by Gasteiger charge is -2.09. The molecule has 0 saturated heterocycles. The molecule has 0 radical (unpaired) electrons. The largest absolute Gasteiger partial charge is 0.462 e. The number of nitriles is 1. The van der Waals surface area contributed by atoms with Gasteiger partial charge in [-0.2, -0.15) is 14.0 Å². The van der Waals surface area contributed by atoms with E-state index in [4.69, 9.17) is 5.26 Å². The van der Waals surface area contributed by atoms with E-state index in [0.717, 1.165) is 6.07 Å². The molecule has 0 atom stereocenters. The third-order valence-corrected chi connectivity index (χ3v) is 1.88. The van der Waals surface area contributed by atoms with E-state index in [2.05, 4.69) is 9.47 Å². The lowest BCUT2D eigenvalue weighted by molar-refractivity contribution is -0.0523. The number of rotatable bonds is 4. The molecule has 1 aromatic rings. The van der Waals surface area contributed by atoms with Crippen LogP contribution in [0, 0.1) is 17.1 Å². The molecular weight excluding hydrogens is 251 g/mol. The van der Waals surface area contributed by atoms with E-state index in [0.29, 0.717) is 6.07 Å². The van der Waals surface area contributed by atoms with Crippen molar-refractivity contribution in [2.75, 3.05) is 6.61 Å². The van der Waals surface area contributed by atoms with Gasteiger partial charge in [-0.25, -0.2) is 9.18 Å². The fourth-order valence-corrected chi connectivity index (χ4v) is 1.22. The Morgan fingerprint density at radius 2 is 2.17 bits per heavy atom. The summed E-state index contributed by atoms with van der Waals surface area (Å²) in [4.78, 5) is 11.3. The van der Waals surface area contributed by atoms with Gasteiger partial charge in [-0.3, -0.25) is 0 Å². The number of halogens is 3. The minimum absolute atomic E-state index is 0.0671. The van der Waals surface area contributed by atoms with Crippen molar-refractivity contribution in [2.45, 2.75) is 13.5 Å². The smallest absolute Gasteiger partial charge is 0.387 e. The fraction of sp³-hybridized carbons (Fsp3) is 0.273. The molecule has 0 amide bonds. The Balaban J connectivity index is 3.19. The zero-order valence-corrected chi connectivity index (χ0v) is 9.25. The summed E-state index contributed by atoms with van der Waals surface area (Å²) in [5, 5.41) is 8.70. The average Bonchev–Trinajstić information content (AvgIpc) is 2.31. The van der Waals surface area contributed by atoms with Crippen molar-refractivity contribution in [1.82, 2.24) is 0 Å². The number of hydrogen-bond donors (Lipinski definition) is 0. The molecule has 0 bridgehead atoms. The number of carbonyl (C=O) groups is 1. The molecule has 0 heterocycles. The Labute approximate surface area is 101 Å². The van der Waals surface area contributed by atoms with Crippen LogP contribution in [0.1, 0.15) is 22.8 Å². The first-order valence-electron chi connectivity index (χ1n) is 4.85. The summed E-state index contributed by atoms with van der Waals surface area (Å²) in [5.74, 6) is -2.96. The van der Waals surface area contributed by atoms with E-state index in [1.165, 1.54) is 6.07 Å². The van der Waals surface area contributed by atoms with E-state index in [1.807, 2.05) is 0 Å². The maximum absolute atomic E-state index is 13.4. The number of alkyl halides is 2. The molecule has 0 saturated carbocycles. The predicted octanol–water partition coefficient (Wildman–Crippen LogP) is 2.48. The van der Waals surface area contributed by atoms with Gasteiger partial charge in [0.15, 0.2) is 11.6 Å². The number of benzene rings is 1. The number of ether oxygens (including phenoxy) is 2. The molecule has 0 aliphatic rings. The summed E-state index contributed by atoms with van der Waals surface area (Å²) in [5.41, 5.74) is -0.745. The Morgan fingerprint density at radius 1 is 1.50 bits per heavy atom. The molecule has 4 nitrogen and oxygen atoms in total. The van der Waals surface area contributed by atoms with Gasteiger partial charge in [0, 0.05) is 0 Å². The summed E-state index contributed by atoms with van der Waals surface area (Å²) < 4.78 is 45.9. The molecule has 7 heteroatoms. The Kier molecular flexibility index (Phi) is 4.54. The molecule has 1 rings (SSSR count). The van der Waals surface area contributed by atoms with E-state index in [9.17, 15) is 18.0 Å². The maximum atomic E-state index is 13.4. The first-order valence-corrected chi connectivity index (χ1v) is 4.85. The third kappa shape index (κ3) is 3.13. The number of esters is 1. The molecule has 0 aliphatic heterocycles. The molecule has 0 aromatic heterocycles. The molecular formula is C11H8F3NO3. The average molecular weight is 259 g/mol. The summed E-state index contributed by atoms with van der Waals surface area (Å²) in [7, 11) is 0. The van der Waals surface area contributed by atoms with Crippen LogP contribution in [-0.2, 0) is 4.74 Å². The van der Waals surface area contributed by atoms with Crippen LogP contribution >= 0.6 is 0 Å². The molecule has 96 valence electrons. The monoisotopic (exact) mass is 259 g/mol. The van der Waals surface area contributed by atoms with Crippen molar-refractivity contribution in [3.05, 3.63) is 29.1 Å². The van der Waals surface area contributed by atoms with Crippen LogP contribution in [0.2, 0.25) is 0 Å². The topological polar surface area (TPSA) is 59.3 Å². The Bertz CT molecular complexity index is 497. The van der Waals surface area contributed by atoms with Crippen LogP contribution in [0.4, 0.5) is 13.2 Å². The van der Waals surface area contributed by atoms with E-state index >= 15 is 0 Å². The second kappa shape index (κ2) is 5.91. The minimum atomic E-state index is -3.26. The summed E-state index contributed by atoms with van der Waals surface area (Å²) in [6.45, 7) is -1.65. The lowest BCUT2D eigenvalue weighted by atomic mass is 10.1. The zero-order valence-electron chi connectivity index (χ0n) is 9.25. The van der Waals surface area contributed by atoms with Gasteiger partial charge in [0.05, 0.1) is 17.7 Å². The van der Waals surface area contributed by atoms with Gasteiger partial charge in [-0.05, 0) is 19.1 Å². The maximum Gasteiger partial charge on any atom is 0.387 e. The van der Waals surface area contributed by atoms with Gasteiger partial charge in [0.1, 0.15) is 6.07 Å². The van der Waals surface area contributed by atoms with Crippen molar-refractivity contribution in [2.24, 2.45) is 0 Å². The molecule has 0 unspecified atom stereocenters. The van der Waals surface area contributed by atoms with Gasteiger partial charge in [-0.15, -0.1) is 0 Å². The molecule has 0 N–H and O–H groups in total. The van der Waals surface area contributed by atoms with Gasteiger partial charge in [-0.1, -0.05) is 0 Å². The van der Waals surface area contributed by atoms with Gasteiger partial charge >= 0.3 is 12.6 Å². The Hall–Kier alpha value is -2.23. The lowest BCUT2D eigenvalue weighted by Crippen LogP contribution is -2.09. The predicted molar refractivity (Wildman–Crippen MR) is 53.7 cm³/mol. The molecule has 0 fully saturated rings. The van der Waals surface area contributed by atoms with Crippen LogP contribution < -0.4 is 4.74 Å². The highest BCUT2D eigenvalue weighted by atomic mass is 19.3. The highest BCUT2D eigenvalue weighted by molar-refractivity contribution is 5.90. The highest BCUT2D eigenvalue weighted by Crippen LogP contribution is 2.26. The van der Waals surface area contributed by atoms with E-state index in [1.54, 1.807) is 6.92 Å². The molecule has 0 aliphatic carbocycles. The van der Waals surface area contributed by atoms with Crippen molar-refractivity contribution in [3.8, 4) is 11.8 Å². The summed E-state index contributed by atoms with van der Waals surface area (Å²) in [6.07, 6.45) is 0. The highest BCUT2D eigenvalue weighted by Gasteiger charge is 2.19. The van der Waals surface area contributed by atoms with Crippen molar-refractivity contribution < 1.29 is 27.4 Å². The van der Waals surface area contributed by atoms with Gasteiger partial charge < -0.3 is 9.47 Å². The number of carbonyl (C=O) groups excluding carboxylic acids is 1. The number of nitrogens with zero attached hydrogens (tertiary/aromatic N) is 1. The molecule has 18 heavy (non-hydrogen) atoms. The molecule has 0 spiro atoms. The fourth-order valence-electron chi connectivity index (χ4n) is 1.22. The number of hydrogen-bond acceptors (Lipinski definition) is 4. The SMILES string of the molecule is CCOC(=O)c1cc(F)c(OC(F)F)c(C#N)c1. The second-order valence-electron chi connectivity index (χ2n) is 3.05. The van der Waals surface area contributed by atoms with Crippen LogP contribution in [0.3, 0.4) is 0 Å². The van der Waals surface area contributed by atoms with Gasteiger partial charge in [0.25, 0.3) is 0 Å². The van der Waals surface area contributed by atoms with Crippen LogP contribution in [-0.4, -0.2) is 19.2 Å². The third-order valence-electron chi connectivity index (χ3n) is 1.88. The summed E-state index contributed by atoms with van der Waals surface area (Å²) >= 11 is 0. The minimum Gasteiger partial charge on any atom is -0.462 e. The first-order chi connectivity index (χ1) is 8.49. The zero-order chi connectivity index (χ0) is 13.7. The van der Waals surface area contributed by atoms with Crippen molar-refractivity contribution in [1.29, 1.82) is 5.26 Å². The van der Waals surface area contributed by atoms with E-state index in [-0.39, 0.29) is 12.2 Å². The van der Waals surface area contributed by atoms with E-state index < -0.39 is 29.7 Å². The van der Waals surface area contributed by atoms with Crippen molar-refractivity contribution >= 4 is 5.97 Å². The van der Waals surface area contributed by atoms with Gasteiger partial charge in [0.2, 0.25) is 0 Å². The Morgan fingerprint density at radius 3 is 2.67 bits per heavy atom. The van der Waals surface area contributed by atoms with Crippen LogP contribution in [0.5, 0.6) is 5.75 Å². The summed E-state index contributed by atoms with van der Waals surface area (Å²) in [6, 6.07) is 3.08. The molecule has 1 aromatic carbocycles. The first kappa shape index (κ1) is 13.8. The van der Waals surface area contributed by atoms with Crippen LogP contribution in [0.15, 0.2) is 12.1 Å². The quantitative estimate of drug-likeness (QED) is 0.779. The second-order valence-corrected chi connectivity index (χ2v) is 3.05. The van der Waals surface area contributed by atoms with Crippen molar-refractivity contribution in [3.63, 3.8) is 0 Å². The standard InChI is InChI=1S/C11H8F3NO3/c1-2-17-10(16)6-3-7(5-15)9(8(12)4-6)18-11(13)14/h3-4,11H,2H2,1H3. The van der Waals surface area contributed by atoms with Crippen LogP contribution in [0.25, 0.3) is 0 Å².